The van der Waals surface area contributed by atoms with Gasteiger partial charge in [-0.05, 0) is 38.1 Å². The van der Waals surface area contributed by atoms with Crippen LogP contribution in [0.4, 0.5) is 0 Å². The summed E-state index contributed by atoms with van der Waals surface area (Å²) in [7, 11) is 3.24. The minimum atomic E-state index is -0.315. The molecule has 0 aliphatic rings. The Morgan fingerprint density at radius 2 is 1.89 bits per heavy atom. The number of carbonyl (C=O) groups is 2. The van der Waals surface area contributed by atoms with E-state index < -0.39 is 0 Å². The summed E-state index contributed by atoms with van der Waals surface area (Å²) in [6.07, 6.45) is 10.6. The Balaban J connectivity index is 1.51. The second-order valence-corrected chi connectivity index (χ2v) is 9.57. The lowest BCUT2D eigenvalue weighted by atomic mass is 10.1. The molecular weight excluding hydrogens is 482 g/mol. The number of nitrogens with one attached hydrogen (secondary N) is 3. The molecule has 1 atom stereocenters. The highest BCUT2D eigenvalue weighted by Gasteiger charge is 2.20. The molecule has 0 unspecified atom stereocenters. The van der Waals surface area contributed by atoms with Crippen molar-refractivity contribution in [1.82, 2.24) is 35.4 Å². The summed E-state index contributed by atoms with van der Waals surface area (Å²) in [5.41, 5.74) is 2.33. The van der Waals surface area contributed by atoms with E-state index in [1.807, 2.05) is 38.1 Å². The number of nitrogens with zero attached hydrogens (tertiary/aromatic N) is 4. The highest BCUT2D eigenvalue weighted by Crippen LogP contribution is 2.27. The van der Waals surface area contributed by atoms with Gasteiger partial charge in [0.1, 0.15) is 5.82 Å². The predicted octanol–water partition coefficient (Wildman–Crippen LogP) is 4.58. The van der Waals surface area contributed by atoms with Crippen LogP contribution in [0.1, 0.15) is 74.2 Å². The molecule has 4 rings (SSSR count). The number of hydrogen-bond acceptors (Lipinski definition) is 6. The number of benzene rings is 1. The van der Waals surface area contributed by atoms with Crippen LogP contribution < -0.4 is 15.4 Å². The highest BCUT2D eigenvalue weighted by atomic mass is 16.5. The lowest BCUT2D eigenvalue weighted by Crippen LogP contribution is -2.29. The van der Waals surface area contributed by atoms with Crippen molar-refractivity contribution in [2.75, 3.05) is 14.2 Å². The Hall–Kier alpha value is -4.21. The molecule has 0 aliphatic heterocycles. The van der Waals surface area contributed by atoms with Gasteiger partial charge in [0.15, 0.2) is 0 Å². The maximum atomic E-state index is 13.1. The second kappa shape index (κ2) is 12.4. The molecule has 0 saturated carbocycles. The van der Waals surface area contributed by atoms with E-state index in [2.05, 4.69) is 30.7 Å². The van der Waals surface area contributed by atoms with E-state index in [0.717, 1.165) is 41.3 Å². The van der Waals surface area contributed by atoms with E-state index in [1.54, 1.807) is 43.6 Å². The fraction of sp³-hybridized carbons (Fsp3) is 0.393. The molecule has 1 aromatic carbocycles. The smallest absolute Gasteiger partial charge is 0.255 e. The fourth-order valence-corrected chi connectivity index (χ4v) is 4.25. The number of carbonyl (C=O) groups excluding carboxylic acids is 2. The van der Waals surface area contributed by atoms with Crippen molar-refractivity contribution in [3.8, 4) is 17.1 Å². The van der Waals surface area contributed by atoms with E-state index >= 15 is 0 Å². The molecular formula is C28H35N7O3. The number of fused-ring (bicyclic) bond motifs is 1. The highest BCUT2D eigenvalue weighted by molar-refractivity contribution is 5.94. The van der Waals surface area contributed by atoms with Crippen LogP contribution in [0.3, 0.4) is 0 Å². The standard InChI is InChI=1S/C28H35N7O3/c1-18(2)35-17-22(15-32-35)28(37)34-23(8-6-5-7-9-25(36)29-3)27-31-16-24(33-27)20-11-10-19-13-26(38-4)30-14-21(19)12-20/h10-18,23H,5-9H2,1-4H3,(H,29,36)(H,31,33)(H,34,37)/t23-/m0/s1. The molecule has 0 saturated heterocycles. The average Bonchev–Trinajstić information content (AvgIpc) is 3.62. The number of hydrogen-bond donors (Lipinski definition) is 3. The van der Waals surface area contributed by atoms with Gasteiger partial charge in [0.25, 0.3) is 5.91 Å². The number of H-pyrrole nitrogens is 1. The van der Waals surface area contributed by atoms with Crippen molar-refractivity contribution >= 4 is 22.6 Å². The third kappa shape index (κ3) is 6.56. The Morgan fingerprint density at radius 1 is 1.05 bits per heavy atom. The summed E-state index contributed by atoms with van der Waals surface area (Å²) in [6.45, 7) is 4.03. The maximum Gasteiger partial charge on any atom is 0.255 e. The Bertz CT molecular complexity index is 1390. The summed E-state index contributed by atoms with van der Waals surface area (Å²) < 4.78 is 6.98. The third-order valence-corrected chi connectivity index (χ3v) is 6.52. The molecule has 38 heavy (non-hydrogen) atoms. The average molecular weight is 518 g/mol. The zero-order valence-corrected chi connectivity index (χ0v) is 22.3. The third-order valence-electron chi connectivity index (χ3n) is 6.52. The number of imidazole rings is 1. The van der Waals surface area contributed by atoms with Gasteiger partial charge in [-0.15, -0.1) is 0 Å². The summed E-state index contributed by atoms with van der Waals surface area (Å²) in [5.74, 6) is 1.10. The van der Waals surface area contributed by atoms with Gasteiger partial charge in [0, 0.05) is 48.9 Å². The van der Waals surface area contributed by atoms with Crippen molar-refractivity contribution in [3.63, 3.8) is 0 Å². The van der Waals surface area contributed by atoms with E-state index in [9.17, 15) is 9.59 Å². The van der Waals surface area contributed by atoms with Gasteiger partial charge in [-0.1, -0.05) is 25.0 Å². The number of rotatable bonds is 12. The van der Waals surface area contributed by atoms with Gasteiger partial charge < -0.3 is 20.4 Å². The molecule has 0 spiro atoms. The monoisotopic (exact) mass is 517 g/mol. The minimum Gasteiger partial charge on any atom is -0.481 e. The Morgan fingerprint density at radius 3 is 2.63 bits per heavy atom. The number of aromatic nitrogens is 5. The first-order valence-corrected chi connectivity index (χ1v) is 12.9. The van der Waals surface area contributed by atoms with E-state index in [-0.39, 0.29) is 23.9 Å². The number of unbranched alkanes of at least 4 members (excludes halogenated alkanes) is 2. The number of pyridine rings is 1. The number of methoxy groups -OCH3 is 1. The van der Waals surface area contributed by atoms with Crippen LogP contribution >= 0.6 is 0 Å². The molecule has 4 aromatic rings. The van der Waals surface area contributed by atoms with Crippen LogP contribution in [0.5, 0.6) is 5.88 Å². The lowest BCUT2D eigenvalue weighted by molar-refractivity contribution is -0.120. The van der Waals surface area contributed by atoms with E-state index in [0.29, 0.717) is 30.1 Å². The van der Waals surface area contributed by atoms with Crippen molar-refractivity contribution in [2.45, 2.75) is 58.0 Å². The molecule has 3 N–H and O–H groups in total. The summed E-state index contributed by atoms with van der Waals surface area (Å²) in [4.78, 5) is 37.0. The Labute approximate surface area is 222 Å². The minimum absolute atomic E-state index is 0.0386. The van der Waals surface area contributed by atoms with Crippen molar-refractivity contribution in [1.29, 1.82) is 0 Å². The number of aromatic amines is 1. The predicted molar refractivity (Wildman–Crippen MR) is 146 cm³/mol. The van der Waals surface area contributed by atoms with Gasteiger partial charge in [-0.2, -0.15) is 5.10 Å². The van der Waals surface area contributed by atoms with Crippen LogP contribution in [0.2, 0.25) is 0 Å². The van der Waals surface area contributed by atoms with Crippen LogP contribution in [-0.4, -0.2) is 50.7 Å². The first kappa shape index (κ1) is 26.8. The van der Waals surface area contributed by atoms with Crippen molar-refractivity contribution in [2.24, 2.45) is 0 Å². The molecule has 200 valence electrons. The number of ether oxygens (including phenoxy) is 1. The molecule has 10 nitrogen and oxygen atoms in total. The molecule has 0 fully saturated rings. The topological polar surface area (TPSA) is 127 Å². The molecule has 0 bridgehead atoms. The first-order chi connectivity index (χ1) is 18.4. The normalized spacial score (nSPS) is 12.0. The van der Waals surface area contributed by atoms with Gasteiger partial charge in [0.2, 0.25) is 11.8 Å². The quantitative estimate of drug-likeness (QED) is 0.236. The van der Waals surface area contributed by atoms with Crippen molar-refractivity contribution < 1.29 is 14.3 Å². The molecule has 0 aliphatic carbocycles. The van der Waals surface area contributed by atoms with Crippen LogP contribution in [0.15, 0.2) is 49.1 Å². The van der Waals surface area contributed by atoms with Crippen LogP contribution in [-0.2, 0) is 4.79 Å². The molecule has 3 aromatic heterocycles. The van der Waals surface area contributed by atoms with Crippen LogP contribution in [0, 0.1) is 0 Å². The molecule has 3 heterocycles. The van der Waals surface area contributed by atoms with Gasteiger partial charge in [-0.25, -0.2) is 9.97 Å². The molecule has 10 heteroatoms. The fourth-order valence-electron chi connectivity index (χ4n) is 4.25. The van der Waals surface area contributed by atoms with E-state index in [1.165, 1.54) is 0 Å². The maximum absolute atomic E-state index is 13.1. The first-order valence-electron chi connectivity index (χ1n) is 12.9. The van der Waals surface area contributed by atoms with Gasteiger partial charge >= 0.3 is 0 Å². The zero-order chi connectivity index (χ0) is 27.1. The van der Waals surface area contributed by atoms with Crippen molar-refractivity contribution in [3.05, 3.63) is 60.4 Å². The molecule has 0 radical (unpaired) electrons. The Kier molecular flexibility index (Phi) is 8.73. The lowest BCUT2D eigenvalue weighted by Gasteiger charge is -2.16. The number of amides is 2. The van der Waals surface area contributed by atoms with Gasteiger partial charge in [0.05, 0.1) is 36.8 Å². The van der Waals surface area contributed by atoms with Crippen LogP contribution in [0.25, 0.3) is 22.0 Å². The van der Waals surface area contributed by atoms with Gasteiger partial charge in [-0.3, -0.25) is 14.3 Å². The SMILES string of the molecule is CNC(=O)CCCCC[C@H](NC(=O)c1cnn(C(C)C)c1)c1ncc(-c2ccc3cc(OC)ncc3c2)[nH]1. The second-order valence-electron chi connectivity index (χ2n) is 9.57. The van der Waals surface area contributed by atoms with E-state index in [4.69, 9.17) is 4.74 Å². The molecule has 2 amide bonds. The summed E-state index contributed by atoms with van der Waals surface area (Å²) in [6, 6.07) is 7.84. The zero-order valence-electron chi connectivity index (χ0n) is 22.3. The largest absolute Gasteiger partial charge is 0.481 e. The summed E-state index contributed by atoms with van der Waals surface area (Å²) in [5, 5.41) is 12.1. The summed E-state index contributed by atoms with van der Waals surface area (Å²) >= 11 is 0.